The first-order chi connectivity index (χ1) is 3.33. The molecule has 0 aromatic heterocycles. The van der Waals surface area contributed by atoms with Crippen LogP contribution in [0, 0.1) is 0 Å². The van der Waals surface area contributed by atoms with Gasteiger partial charge in [0.15, 0.2) is 0 Å². The monoisotopic (exact) mass is 406 g/mol. The van der Waals surface area contributed by atoms with E-state index in [9.17, 15) is 0 Å². The Balaban J connectivity index is -0.00000000344. The predicted octanol–water partition coefficient (Wildman–Crippen LogP) is -5.15. The molecule has 100 valence electrons. The number of rotatable bonds is 1. The van der Waals surface area contributed by atoms with Crippen LogP contribution in [-0.4, -0.2) is 51.1 Å². The predicted molar refractivity (Wildman–Crippen MR) is 47.9 cm³/mol. The first kappa shape index (κ1) is 100. The average molecular weight is 406 g/mol. The number of nitrogens with two attached hydrogens (primary N) is 1. The Hall–Kier alpha value is -0.322. The smallest absolute Gasteiger partial charge is 0.0553 e. The Bertz CT molecular complexity index is 59.7. The zero-order valence-corrected chi connectivity index (χ0v) is 9.37. The van der Waals surface area contributed by atoms with Crippen LogP contribution in [0.15, 0.2) is 0 Å². The Morgan fingerprint density at radius 3 is 1.00 bits per heavy atom. The van der Waals surface area contributed by atoms with E-state index >= 15 is 0 Å². The third-order valence-corrected chi connectivity index (χ3v) is 0.129. The van der Waals surface area contributed by atoms with E-state index in [1.54, 1.807) is 0 Å². The maximum absolute atomic E-state index is 7.75. The van der Waals surface area contributed by atoms with E-state index in [1.165, 1.54) is 4.91 Å². The Morgan fingerprint density at radius 2 is 1.00 bits per heavy atom. The van der Waals surface area contributed by atoms with Crippen LogP contribution in [-0.2, 0) is 21.1 Å². The average Bonchev–Trinajstić information content (AvgIpc) is 1.69. The van der Waals surface area contributed by atoms with Crippen LogP contribution in [0.5, 0.6) is 0 Å². The molecule has 0 radical (unpaired) electrons. The summed E-state index contributed by atoms with van der Waals surface area (Å²) < 4.78 is 0. The molecule has 0 aromatic carbocycles. The molecular weight excluding hydrogens is 387 g/mol. The van der Waals surface area contributed by atoms with Crippen LogP contribution in [0.25, 0.3) is 16.0 Å². The first-order valence-corrected chi connectivity index (χ1v) is 1.62. The van der Waals surface area contributed by atoms with Gasteiger partial charge in [-0.1, -0.05) is 0 Å². The zero-order valence-electron chi connectivity index (χ0n) is 7.10. The SMILES string of the molecule is NCCO.O.O.O.O.O.O.[N-]=[N+]=[N-].[Pt]. The molecule has 14 heavy (non-hydrogen) atoms. The molecule has 0 aromatic rings. The molecule has 0 bridgehead atoms. The molecule has 0 aliphatic rings. The van der Waals surface area contributed by atoms with E-state index in [-0.39, 0.29) is 60.5 Å². The van der Waals surface area contributed by atoms with Gasteiger partial charge < -0.3 is 54.8 Å². The summed E-state index contributed by atoms with van der Waals surface area (Å²) in [6.07, 6.45) is 0. The minimum Gasteiger partial charge on any atom is -0.412 e. The van der Waals surface area contributed by atoms with Crippen LogP contribution >= 0.6 is 0 Å². The third-order valence-electron chi connectivity index (χ3n) is 0.129. The van der Waals surface area contributed by atoms with Crippen LogP contribution in [0.3, 0.4) is 0 Å². The summed E-state index contributed by atoms with van der Waals surface area (Å²) in [5.74, 6) is 0. The molecule has 0 heterocycles. The van der Waals surface area contributed by atoms with E-state index in [4.69, 9.17) is 21.9 Å². The second kappa shape index (κ2) is 241. The van der Waals surface area contributed by atoms with Gasteiger partial charge >= 0.3 is 0 Å². The van der Waals surface area contributed by atoms with Crippen molar-refractivity contribution in [2.24, 2.45) is 5.73 Å². The van der Waals surface area contributed by atoms with E-state index in [0.29, 0.717) is 6.54 Å². The van der Waals surface area contributed by atoms with Crippen molar-refractivity contribution in [3.63, 3.8) is 0 Å². The molecule has 0 aliphatic carbocycles. The fourth-order valence-corrected chi connectivity index (χ4v) is 0. The van der Waals surface area contributed by atoms with Crippen LogP contribution in [0.2, 0.25) is 0 Å². The summed E-state index contributed by atoms with van der Waals surface area (Å²) in [7, 11) is 0. The molecule has 0 fully saturated rings. The molecule has 0 unspecified atom stereocenters. The van der Waals surface area contributed by atoms with Crippen molar-refractivity contribution in [3.05, 3.63) is 16.0 Å². The number of hydrogen-bond donors (Lipinski definition) is 2. The molecule has 0 amide bonds. The van der Waals surface area contributed by atoms with Crippen LogP contribution in [0.1, 0.15) is 0 Å². The summed E-state index contributed by atoms with van der Waals surface area (Å²) in [6, 6.07) is 0. The Labute approximate surface area is 94.4 Å². The van der Waals surface area contributed by atoms with Gasteiger partial charge in [-0.15, -0.1) is 0 Å². The number of aliphatic hydroxyl groups excluding tert-OH is 1. The first-order valence-electron chi connectivity index (χ1n) is 1.62. The van der Waals surface area contributed by atoms with E-state index in [0.717, 1.165) is 0 Å². The molecule has 0 rings (SSSR count). The summed E-state index contributed by atoms with van der Waals surface area (Å²) in [5, 5.41) is 7.75. The van der Waals surface area contributed by atoms with Crippen molar-refractivity contribution < 1.29 is 59.0 Å². The Kier molecular flexibility index (Phi) is 1730. The molecule has 0 saturated carbocycles. The van der Waals surface area contributed by atoms with Crippen LogP contribution < -0.4 is 5.73 Å². The third kappa shape index (κ3) is 2890. The van der Waals surface area contributed by atoms with E-state index < -0.39 is 0 Å². The zero-order chi connectivity index (χ0) is 6.12. The molecule has 0 aliphatic heterocycles. The Morgan fingerprint density at radius 1 is 0.929 bits per heavy atom. The molecule has 15 N–H and O–H groups in total. The molecule has 0 atom stereocenters. The topological polar surface area (TPSA) is 294 Å². The van der Waals surface area contributed by atoms with Crippen molar-refractivity contribution in [2.45, 2.75) is 0 Å². The summed E-state index contributed by atoms with van der Waals surface area (Å²) in [5.41, 5.74) is 18.3. The minimum absolute atomic E-state index is 0. The minimum atomic E-state index is 0. The van der Waals surface area contributed by atoms with Crippen molar-refractivity contribution in [1.82, 2.24) is 0 Å². The van der Waals surface area contributed by atoms with Gasteiger partial charge in [0.25, 0.3) is 0 Å². The summed E-state index contributed by atoms with van der Waals surface area (Å²) in [4.78, 5) is 1.50. The van der Waals surface area contributed by atoms with Gasteiger partial charge in [-0.25, -0.2) is 0 Å². The maximum Gasteiger partial charge on any atom is 0.0553 e. The van der Waals surface area contributed by atoms with Gasteiger partial charge in [-0.2, -0.15) is 0 Å². The molecule has 11 nitrogen and oxygen atoms in total. The fraction of sp³-hybridized carbons (Fsp3) is 1.00. The van der Waals surface area contributed by atoms with Gasteiger partial charge in [-0.3, -0.25) is 4.91 Å². The fourth-order valence-electron chi connectivity index (χ4n) is 0. The van der Waals surface area contributed by atoms with Crippen LogP contribution in [0.4, 0.5) is 0 Å². The largest absolute Gasteiger partial charge is 0.412 e. The quantitative estimate of drug-likeness (QED) is 0.245. The number of aliphatic hydroxyl groups is 1. The van der Waals surface area contributed by atoms with Gasteiger partial charge in [0.2, 0.25) is 0 Å². The van der Waals surface area contributed by atoms with Gasteiger partial charge in [0.1, 0.15) is 0 Å². The van der Waals surface area contributed by atoms with Crippen molar-refractivity contribution in [2.75, 3.05) is 13.2 Å². The standard InChI is InChI=1S/C2H7NO.N3.6H2O.Pt/c3-1-2-4;1-3-2;;;;;;;/h4H,1-3H2;;6*1H2;/q;-1;;;;;;;. The second-order valence-electron chi connectivity index (χ2n) is 0.602. The summed E-state index contributed by atoms with van der Waals surface area (Å²) in [6.45, 7) is 0.472. The maximum atomic E-state index is 7.75. The molecule has 12 heteroatoms. The van der Waals surface area contributed by atoms with Gasteiger partial charge in [0, 0.05) is 27.6 Å². The number of nitrogens with zero attached hydrogens (tertiary/aromatic N) is 3. The molecule has 0 spiro atoms. The van der Waals surface area contributed by atoms with Gasteiger partial charge in [0.05, 0.1) is 6.61 Å². The van der Waals surface area contributed by atoms with Gasteiger partial charge in [-0.05, 0) is 0 Å². The van der Waals surface area contributed by atoms with E-state index in [1.807, 2.05) is 0 Å². The molecule has 0 saturated heterocycles. The second-order valence-corrected chi connectivity index (χ2v) is 0.602. The van der Waals surface area contributed by atoms with Crippen molar-refractivity contribution >= 4 is 0 Å². The number of hydrogen-bond acceptors (Lipinski definition) is 2. The van der Waals surface area contributed by atoms with Crippen molar-refractivity contribution in [1.29, 1.82) is 0 Å². The normalized spacial score (nSPS) is 2.71. The van der Waals surface area contributed by atoms with Crippen molar-refractivity contribution in [3.8, 4) is 0 Å². The molecular formula is C2H19N4O7Pt-. The summed E-state index contributed by atoms with van der Waals surface area (Å²) >= 11 is 0. The van der Waals surface area contributed by atoms with E-state index in [2.05, 4.69) is 0 Å².